The second kappa shape index (κ2) is 7.64. The number of methoxy groups -OCH3 is 1. The van der Waals surface area contributed by atoms with Gasteiger partial charge in [0.25, 0.3) is 10.0 Å². The van der Waals surface area contributed by atoms with Crippen molar-refractivity contribution in [2.24, 2.45) is 0 Å². The van der Waals surface area contributed by atoms with Gasteiger partial charge in [-0.15, -0.1) is 0 Å². The first-order chi connectivity index (χ1) is 11.7. The molecule has 0 aromatic heterocycles. The highest BCUT2D eigenvalue weighted by Crippen LogP contribution is 2.32. The van der Waals surface area contributed by atoms with E-state index in [0.29, 0.717) is 16.8 Å². The van der Waals surface area contributed by atoms with Crippen LogP contribution in [0.2, 0.25) is 10.0 Å². The molecule has 2 rings (SSSR count). The molecule has 0 spiro atoms. The molecule has 0 radical (unpaired) electrons. The van der Waals surface area contributed by atoms with Gasteiger partial charge >= 0.3 is 5.97 Å². The maximum atomic E-state index is 13.2. The zero-order chi connectivity index (χ0) is 18.8. The fourth-order valence-corrected chi connectivity index (χ4v) is 4.36. The molecule has 2 aromatic carbocycles. The molecule has 0 saturated carbocycles. The van der Waals surface area contributed by atoms with E-state index < -0.39 is 22.5 Å². The summed E-state index contributed by atoms with van der Waals surface area (Å²) in [7, 11) is -2.85. The van der Waals surface area contributed by atoms with Gasteiger partial charge in [-0.3, -0.25) is 9.10 Å². The number of carbonyl (C=O) groups excluding carboxylic acids is 1. The Bertz CT molecular complexity index is 893. The Morgan fingerprint density at radius 1 is 1.08 bits per heavy atom. The largest absolute Gasteiger partial charge is 0.468 e. The number of ether oxygens (including phenoxy) is 1. The van der Waals surface area contributed by atoms with E-state index in [1.54, 1.807) is 26.0 Å². The zero-order valence-corrected chi connectivity index (χ0v) is 16.2. The fraction of sp³-hybridized carbons (Fsp3) is 0.235. The lowest BCUT2D eigenvalue weighted by Gasteiger charge is -2.26. The fourth-order valence-electron chi connectivity index (χ4n) is 2.43. The molecule has 0 N–H and O–H groups in total. The number of para-hydroxylation sites is 1. The third-order valence-corrected chi connectivity index (χ3v) is 6.15. The quantitative estimate of drug-likeness (QED) is 0.710. The van der Waals surface area contributed by atoms with Gasteiger partial charge in [-0.1, -0.05) is 41.4 Å². The van der Waals surface area contributed by atoms with Crippen molar-refractivity contribution in [3.63, 3.8) is 0 Å². The van der Waals surface area contributed by atoms with Crippen molar-refractivity contribution in [1.82, 2.24) is 0 Å². The predicted octanol–water partition coefficient (Wildman–Crippen LogP) is 3.98. The average Bonchev–Trinajstić information content (AvgIpc) is 2.55. The molecule has 0 aliphatic carbocycles. The molecular formula is C17H17Cl2NO4S. The smallest absolute Gasteiger partial charge is 0.326 e. The van der Waals surface area contributed by atoms with Crippen molar-refractivity contribution in [1.29, 1.82) is 0 Å². The van der Waals surface area contributed by atoms with Crippen LogP contribution in [0.25, 0.3) is 0 Å². The Kier molecular flexibility index (Phi) is 5.98. The third kappa shape index (κ3) is 4.08. The number of anilines is 1. The van der Waals surface area contributed by atoms with Gasteiger partial charge in [-0.05, 0) is 43.2 Å². The number of hydrogen-bond acceptors (Lipinski definition) is 4. The highest BCUT2D eigenvalue weighted by atomic mass is 35.5. The molecule has 8 heteroatoms. The Labute approximate surface area is 157 Å². The minimum absolute atomic E-state index is 0.0616. The van der Waals surface area contributed by atoms with E-state index in [1.807, 2.05) is 6.07 Å². The molecule has 0 aliphatic rings. The van der Waals surface area contributed by atoms with Crippen LogP contribution in [0.15, 0.2) is 41.3 Å². The zero-order valence-electron chi connectivity index (χ0n) is 13.9. The van der Waals surface area contributed by atoms with Crippen LogP contribution in [-0.2, 0) is 19.6 Å². The first kappa shape index (κ1) is 19.6. The van der Waals surface area contributed by atoms with Gasteiger partial charge in [-0.25, -0.2) is 8.42 Å². The predicted molar refractivity (Wildman–Crippen MR) is 98.9 cm³/mol. The van der Waals surface area contributed by atoms with Gasteiger partial charge in [0.05, 0.1) is 27.7 Å². The molecule has 0 aliphatic heterocycles. The Balaban J connectivity index is 2.66. The third-order valence-electron chi connectivity index (χ3n) is 3.67. The molecule has 0 bridgehead atoms. The average molecular weight is 402 g/mol. The molecule has 2 aromatic rings. The van der Waals surface area contributed by atoms with Crippen LogP contribution in [0.5, 0.6) is 0 Å². The number of benzene rings is 2. The van der Waals surface area contributed by atoms with Crippen molar-refractivity contribution in [3.05, 3.63) is 57.6 Å². The minimum Gasteiger partial charge on any atom is -0.468 e. The van der Waals surface area contributed by atoms with Crippen LogP contribution < -0.4 is 4.31 Å². The topological polar surface area (TPSA) is 63.7 Å². The van der Waals surface area contributed by atoms with Gasteiger partial charge in [0.2, 0.25) is 0 Å². The summed E-state index contributed by atoms with van der Waals surface area (Å²) in [6.45, 7) is 3.10. The molecule has 5 nitrogen and oxygen atoms in total. The van der Waals surface area contributed by atoms with Crippen LogP contribution in [0.1, 0.15) is 11.1 Å². The first-order valence-electron chi connectivity index (χ1n) is 7.29. The summed E-state index contributed by atoms with van der Waals surface area (Å²) in [5, 5.41) is 0.356. The number of nitrogens with zero attached hydrogens (tertiary/aromatic N) is 1. The number of sulfonamides is 1. The van der Waals surface area contributed by atoms with Crippen molar-refractivity contribution in [2.45, 2.75) is 18.7 Å². The molecular weight excluding hydrogens is 385 g/mol. The van der Waals surface area contributed by atoms with E-state index in [4.69, 9.17) is 23.2 Å². The monoisotopic (exact) mass is 401 g/mol. The molecule has 0 amide bonds. The summed E-state index contributed by atoms with van der Waals surface area (Å²) in [6, 6.07) is 9.38. The van der Waals surface area contributed by atoms with E-state index >= 15 is 0 Å². The minimum atomic E-state index is -4.05. The van der Waals surface area contributed by atoms with E-state index in [-0.39, 0.29) is 14.9 Å². The second-order valence-electron chi connectivity index (χ2n) is 5.40. The van der Waals surface area contributed by atoms with Crippen molar-refractivity contribution < 1.29 is 17.9 Å². The first-order valence-corrected chi connectivity index (χ1v) is 9.49. The summed E-state index contributed by atoms with van der Waals surface area (Å²) in [5.41, 5.74) is 1.86. The molecule has 0 saturated heterocycles. The number of carbonyl (C=O) groups is 1. The number of rotatable bonds is 5. The van der Waals surface area contributed by atoms with Crippen molar-refractivity contribution >= 4 is 44.9 Å². The van der Waals surface area contributed by atoms with E-state index in [1.165, 1.54) is 25.3 Å². The maximum absolute atomic E-state index is 13.2. The number of halogens is 2. The van der Waals surface area contributed by atoms with E-state index in [2.05, 4.69) is 4.74 Å². The van der Waals surface area contributed by atoms with E-state index in [9.17, 15) is 13.2 Å². The molecule has 134 valence electrons. The number of esters is 1. The van der Waals surface area contributed by atoms with Crippen LogP contribution >= 0.6 is 23.2 Å². The summed E-state index contributed by atoms with van der Waals surface area (Å²) in [4.78, 5) is 11.8. The van der Waals surface area contributed by atoms with Crippen LogP contribution in [0.4, 0.5) is 5.69 Å². The SMILES string of the molecule is COC(=O)CN(c1c(C)cccc1C)S(=O)(=O)c1ccc(Cl)c(Cl)c1. The summed E-state index contributed by atoms with van der Waals surface area (Å²) < 4.78 is 32.0. The number of hydrogen-bond donors (Lipinski definition) is 0. The van der Waals surface area contributed by atoms with Gasteiger partial charge in [-0.2, -0.15) is 0 Å². The molecule has 0 atom stereocenters. The highest BCUT2D eigenvalue weighted by Gasteiger charge is 2.30. The molecule has 25 heavy (non-hydrogen) atoms. The Morgan fingerprint density at radius 2 is 1.68 bits per heavy atom. The highest BCUT2D eigenvalue weighted by molar-refractivity contribution is 7.92. The van der Waals surface area contributed by atoms with Gasteiger partial charge < -0.3 is 4.74 Å². The maximum Gasteiger partial charge on any atom is 0.326 e. The second-order valence-corrected chi connectivity index (χ2v) is 8.08. The molecule has 0 heterocycles. The Hall–Kier alpha value is -1.76. The van der Waals surface area contributed by atoms with Gasteiger partial charge in [0.15, 0.2) is 0 Å². The van der Waals surface area contributed by atoms with Crippen LogP contribution in [0.3, 0.4) is 0 Å². The summed E-state index contributed by atoms with van der Waals surface area (Å²) in [6.07, 6.45) is 0. The van der Waals surface area contributed by atoms with Crippen molar-refractivity contribution in [3.8, 4) is 0 Å². The van der Waals surface area contributed by atoms with Gasteiger partial charge in [0.1, 0.15) is 6.54 Å². The lowest BCUT2D eigenvalue weighted by atomic mass is 10.1. The lowest BCUT2D eigenvalue weighted by molar-refractivity contribution is -0.138. The summed E-state index contributed by atoms with van der Waals surface area (Å²) in [5.74, 6) is -0.675. The van der Waals surface area contributed by atoms with Gasteiger partial charge in [0, 0.05) is 0 Å². The standard InChI is InChI=1S/C17H17Cl2NO4S/c1-11-5-4-6-12(2)17(11)20(10-16(21)24-3)25(22,23)13-7-8-14(18)15(19)9-13/h4-9H,10H2,1-3H3. The summed E-state index contributed by atoms with van der Waals surface area (Å²) >= 11 is 11.8. The molecule has 0 unspecified atom stereocenters. The van der Waals surface area contributed by atoms with E-state index in [0.717, 1.165) is 4.31 Å². The van der Waals surface area contributed by atoms with Crippen LogP contribution in [-0.4, -0.2) is 28.0 Å². The molecule has 0 fully saturated rings. The Morgan fingerprint density at radius 3 is 2.20 bits per heavy atom. The number of aryl methyl sites for hydroxylation is 2. The normalized spacial score (nSPS) is 11.2. The van der Waals surface area contributed by atoms with Crippen molar-refractivity contribution in [2.75, 3.05) is 18.0 Å². The lowest BCUT2D eigenvalue weighted by Crippen LogP contribution is -2.37. The van der Waals surface area contributed by atoms with Crippen LogP contribution in [0, 0.1) is 13.8 Å².